The van der Waals surface area contributed by atoms with Crippen LogP contribution in [0.1, 0.15) is 22.3 Å². The van der Waals surface area contributed by atoms with Gasteiger partial charge in [-0.05, 0) is 18.1 Å². The van der Waals surface area contributed by atoms with E-state index >= 15 is 0 Å². The molecule has 1 heterocycles. The van der Waals surface area contributed by atoms with Gasteiger partial charge in [0, 0.05) is 13.1 Å². The number of carbonyl (C=O) groups excluding carboxylic acids is 1. The first-order chi connectivity index (χ1) is 8.58. The number of hydrogen-bond donors (Lipinski definition) is 2. The average molecular weight is 249 g/mol. The zero-order valence-corrected chi connectivity index (χ0v) is 9.87. The highest BCUT2D eigenvalue weighted by molar-refractivity contribution is 5.91. The number of aliphatic hydroxyl groups excluding tert-OH is 1. The van der Waals surface area contributed by atoms with Gasteiger partial charge in [0.2, 0.25) is 5.91 Å². The second-order valence-corrected chi connectivity index (χ2v) is 4.42. The maximum atomic E-state index is 12.0. The fraction of sp³-hybridized carbons (Fsp3) is 0.385. The first-order valence-corrected chi connectivity index (χ1v) is 5.85. The van der Waals surface area contributed by atoms with Gasteiger partial charge in [-0.15, -0.1) is 0 Å². The summed E-state index contributed by atoms with van der Waals surface area (Å²) in [6.45, 7) is 0.878. The minimum absolute atomic E-state index is 0.0647. The van der Waals surface area contributed by atoms with Crippen molar-refractivity contribution in [2.45, 2.75) is 18.9 Å². The minimum Gasteiger partial charge on any atom is -0.478 e. The molecule has 1 aliphatic rings. The highest BCUT2D eigenvalue weighted by atomic mass is 16.4. The zero-order valence-electron chi connectivity index (χ0n) is 9.87. The standard InChI is InChI=1S/C13H15NO4/c15-10-5-6-14(8-10)12(16)7-9-3-1-2-4-11(9)13(17)18/h1-4,10,15H,5-8H2,(H,17,18)/t10-/m1/s1. The zero-order chi connectivity index (χ0) is 13.1. The molecule has 0 aliphatic carbocycles. The molecule has 5 nitrogen and oxygen atoms in total. The lowest BCUT2D eigenvalue weighted by Crippen LogP contribution is -2.31. The second-order valence-electron chi connectivity index (χ2n) is 4.42. The van der Waals surface area contributed by atoms with Gasteiger partial charge in [0.15, 0.2) is 0 Å². The van der Waals surface area contributed by atoms with Crippen molar-refractivity contribution in [3.63, 3.8) is 0 Å². The molecule has 0 bridgehead atoms. The minimum atomic E-state index is -1.03. The first kappa shape index (κ1) is 12.6. The van der Waals surface area contributed by atoms with Gasteiger partial charge in [0.1, 0.15) is 0 Å². The maximum Gasteiger partial charge on any atom is 0.335 e. The fourth-order valence-electron chi connectivity index (χ4n) is 2.13. The van der Waals surface area contributed by atoms with Crippen LogP contribution < -0.4 is 0 Å². The summed E-state index contributed by atoms with van der Waals surface area (Å²) in [6.07, 6.45) is 0.199. The number of aromatic carboxylic acids is 1. The van der Waals surface area contributed by atoms with Crippen LogP contribution >= 0.6 is 0 Å². The van der Waals surface area contributed by atoms with Crippen LogP contribution in [0.15, 0.2) is 24.3 Å². The van der Waals surface area contributed by atoms with E-state index in [1.54, 1.807) is 23.1 Å². The van der Waals surface area contributed by atoms with Crippen molar-refractivity contribution < 1.29 is 19.8 Å². The van der Waals surface area contributed by atoms with Crippen molar-refractivity contribution in [1.82, 2.24) is 4.90 Å². The summed E-state index contributed by atoms with van der Waals surface area (Å²) in [6, 6.07) is 6.49. The van der Waals surface area contributed by atoms with Crippen LogP contribution in [-0.2, 0) is 11.2 Å². The number of nitrogens with zero attached hydrogens (tertiary/aromatic N) is 1. The van der Waals surface area contributed by atoms with Crippen molar-refractivity contribution in [2.75, 3.05) is 13.1 Å². The molecular weight excluding hydrogens is 234 g/mol. The van der Waals surface area contributed by atoms with Crippen LogP contribution in [0.5, 0.6) is 0 Å². The van der Waals surface area contributed by atoms with E-state index in [1.807, 2.05) is 0 Å². The molecule has 0 saturated carbocycles. The molecule has 0 unspecified atom stereocenters. The van der Waals surface area contributed by atoms with Crippen molar-refractivity contribution in [1.29, 1.82) is 0 Å². The molecule has 1 saturated heterocycles. The Labute approximate surface area is 105 Å². The number of amides is 1. The predicted octanol–water partition coefficient (Wildman–Crippen LogP) is 0.521. The van der Waals surface area contributed by atoms with Crippen LogP contribution in [0.25, 0.3) is 0 Å². The summed E-state index contributed by atoms with van der Waals surface area (Å²) in [5.41, 5.74) is 0.669. The molecule has 1 amide bonds. The van der Waals surface area contributed by atoms with Gasteiger partial charge in [-0.3, -0.25) is 4.79 Å². The molecule has 1 aliphatic heterocycles. The van der Waals surface area contributed by atoms with Crippen molar-refractivity contribution in [2.24, 2.45) is 0 Å². The average Bonchev–Trinajstić information content (AvgIpc) is 2.76. The Hall–Kier alpha value is -1.88. The Morgan fingerprint density at radius 2 is 2.06 bits per heavy atom. The smallest absolute Gasteiger partial charge is 0.335 e. The quantitative estimate of drug-likeness (QED) is 0.818. The summed E-state index contributed by atoms with van der Waals surface area (Å²) in [7, 11) is 0. The number of carboxylic acid groups (broad SMARTS) is 1. The van der Waals surface area contributed by atoms with Crippen LogP contribution in [0.2, 0.25) is 0 Å². The van der Waals surface area contributed by atoms with Crippen LogP contribution in [0.4, 0.5) is 0 Å². The molecule has 1 fully saturated rings. The largest absolute Gasteiger partial charge is 0.478 e. The van der Waals surface area contributed by atoms with E-state index in [1.165, 1.54) is 6.07 Å². The van der Waals surface area contributed by atoms with Gasteiger partial charge in [-0.2, -0.15) is 0 Å². The van der Waals surface area contributed by atoms with E-state index < -0.39 is 12.1 Å². The van der Waals surface area contributed by atoms with E-state index in [2.05, 4.69) is 0 Å². The SMILES string of the molecule is O=C(O)c1ccccc1CC(=O)N1CC[C@@H](O)C1. The highest BCUT2D eigenvalue weighted by Gasteiger charge is 2.25. The third-order valence-corrected chi connectivity index (χ3v) is 3.11. The van der Waals surface area contributed by atoms with E-state index in [-0.39, 0.29) is 17.9 Å². The Bertz CT molecular complexity index is 472. The lowest BCUT2D eigenvalue weighted by Gasteiger charge is -2.16. The van der Waals surface area contributed by atoms with Crippen molar-refractivity contribution >= 4 is 11.9 Å². The molecule has 1 aromatic rings. The summed E-state index contributed by atoms with van der Waals surface area (Å²) >= 11 is 0. The number of rotatable bonds is 3. The number of β-amino-alcohol motifs (C(OH)–C–C–N with tert-alkyl or cyclic N) is 1. The number of benzene rings is 1. The Morgan fingerprint density at radius 1 is 1.33 bits per heavy atom. The molecule has 5 heteroatoms. The third kappa shape index (κ3) is 2.68. The van der Waals surface area contributed by atoms with E-state index in [9.17, 15) is 14.7 Å². The van der Waals surface area contributed by atoms with Gasteiger partial charge < -0.3 is 15.1 Å². The Morgan fingerprint density at radius 3 is 2.67 bits per heavy atom. The normalized spacial score (nSPS) is 18.9. The van der Waals surface area contributed by atoms with E-state index in [4.69, 9.17) is 5.11 Å². The van der Waals surface area contributed by atoms with Crippen LogP contribution in [-0.4, -0.2) is 46.2 Å². The lowest BCUT2D eigenvalue weighted by atomic mass is 10.0. The summed E-state index contributed by atoms with van der Waals surface area (Å²) in [5.74, 6) is -1.17. The summed E-state index contributed by atoms with van der Waals surface area (Å²) < 4.78 is 0. The van der Waals surface area contributed by atoms with Crippen molar-refractivity contribution in [3.8, 4) is 0 Å². The van der Waals surface area contributed by atoms with Gasteiger partial charge in [0.25, 0.3) is 0 Å². The molecule has 2 N–H and O–H groups in total. The molecule has 18 heavy (non-hydrogen) atoms. The summed E-state index contributed by atoms with van der Waals surface area (Å²) in [5, 5.41) is 18.4. The van der Waals surface area contributed by atoms with Gasteiger partial charge in [0.05, 0.1) is 18.1 Å². The fourth-order valence-corrected chi connectivity index (χ4v) is 2.13. The third-order valence-electron chi connectivity index (χ3n) is 3.11. The van der Waals surface area contributed by atoms with Gasteiger partial charge >= 0.3 is 5.97 Å². The number of carboxylic acids is 1. The van der Waals surface area contributed by atoms with E-state index in [0.29, 0.717) is 25.1 Å². The van der Waals surface area contributed by atoms with Crippen molar-refractivity contribution in [3.05, 3.63) is 35.4 Å². The number of aliphatic hydroxyl groups is 1. The molecule has 0 spiro atoms. The Balaban J connectivity index is 2.09. The second kappa shape index (κ2) is 5.18. The Kier molecular flexibility index (Phi) is 3.62. The van der Waals surface area contributed by atoms with Crippen LogP contribution in [0, 0.1) is 0 Å². The van der Waals surface area contributed by atoms with Crippen LogP contribution in [0.3, 0.4) is 0 Å². The van der Waals surface area contributed by atoms with Gasteiger partial charge in [-0.1, -0.05) is 18.2 Å². The topological polar surface area (TPSA) is 77.8 Å². The van der Waals surface area contributed by atoms with E-state index in [0.717, 1.165) is 0 Å². The van der Waals surface area contributed by atoms with Gasteiger partial charge in [-0.25, -0.2) is 4.79 Å². The molecule has 1 aromatic carbocycles. The molecule has 1 atom stereocenters. The first-order valence-electron chi connectivity index (χ1n) is 5.85. The predicted molar refractivity (Wildman–Crippen MR) is 64.3 cm³/mol. The highest BCUT2D eigenvalue weighted by Crippen LogP contribution is 2.14. The monoisotopic (exact) mass is 249 g/mol. The number of carbonyl (C=O) groups is 2. The number of hydrogen-bond acceptors (Lipinski definition) is 3. The molecule has 96 valence electrons. The molecular formula is C13H15NO4. The summed E-state index contributed by atoms with van der Waals surface area (Å²) in [4.78, 5) is 24.5. The lowest BCUT2D eigenvalue weighted by molar-refractivity contribution is -0.129. The number of likely N-dealkylation sites (tertiary alicyclic amines) is 1. The molecule has 0 radical (unpaired) electrons. The molecule has 2 rings (SSSR count). The molecule has 0 aromatic heterocycles. The maximum absolute atomic E-state index is 12.0.